The number of nitrogens with one attached hydrogen (secondary N) is 1. The summed E-state index contributed by atoms with van der Waals surface area (Å²) >= 11 is 1.53. The van der Waals surface area contributed by atoms with Crippen molar-refractivity contribution >= 4 is 23.4 Å². The molecule has 0 unspecified atom stereocenters. The van der Waals surface area contributed by atoms with Gasteiger partial charge in [0.25, 0.3) is 0 Å². The highest BCUT2D eigenvalue weighted by atomic mass is 32.2. The van der Waals surface area contributed by atoms with Crippen molar-refractivity contribution in [2.24, 2.45) is 0 Å². The number of hydrogen-bond acceptors (Lipinski definition) is 4. The van der Waals surface area contributed by atoms with E-state index in [9.17, 15) is 4.79 Å². The van der Waals surface area contributed by atoms with E-state index >= 15 is 0 Å². The summed E-state index contributed by atoms with van der Waals surface area (Å²) in [7, 11) is 0. The average Bonchev–Trinajstić information content (AvgIpc) is 3.15. The molecule has 0 aromatic heterocycles. The van der Waals surface area contributed by atoms with Gasteiger partial charge in [-0.15, -0.1) is 11.8 Å². The molecule has 1 aliphatic heterocycles. The zero-order chi connectivity index (χ0) is 17.8. The van der Waals surface area contributed by atoms with Crippen molar-refractivity contribution in [3.05, 3.63) is 84.4 Å². The number of rotatable bonds is 5. The van der Waals surface area contributed by atoms with Gasteiger partial charge in [-0.1, -0.05) is 48.5 Å². The Hall–Kier alpha value is -2.92. The fourth-order valence-electron chi connectivity index (χ4n) is 2.72. The average molecular weight is 363 g/mol. The molecule has 0 saturated heterocycles. The third-order valence-corrected chi connectivity index (χ3v) is 5.24. The minimum absolute atomic E-state index is 0.0797. The molecule has 1 atom stereocenters. The van der Waals surface area contributed by atoms with Crippen LogP contribution in [0.4, 0.5) is 5.69 Å². The van der Waals surface area contributed by atoms with E-state index in [4.69, 9.17) is 9.47 Å². The highest BCUT2D eigenvalue weighted by Crippen LogP contribution is 2.38. The quantitative estimate of drug-likeness (QED) is 0.656. The van der Waals surface area contributed by atoms with Crippen LogP contribution in [0.2, 0.25) is 0 Å². The maximum atomic E-state index is 13.0. The van der Waals surface area contributed by atoms with Gasteiger partial charge in [0.15, 0.2) is 11.5 Å². The lowest BCUT2D eigenvalue weighted by Crippen LogP contribution is -2.19. The summed E-state index contributed by atoms with van der Waals surface area (Å²) in [6, 6.07) is 25.1. The Morgan fingerprint density at radius 1 is 0.885 bits per heavy atom. The summed E-state index contributed by atoms with van der Waals surface area (Å²) in [6.45, 7) is 0.212. The van der Waals surface area contributed by atoms with Gasteiger partial charge in [-0.2, -0.15) is 0 Å². The summed E-state index contributed by atoms with van der Waals surface area (Å²) in [6.07, 6.45) is 0. The Bertz CT molecular complexity index is 900. The molecule has 3 aromatic rings. The maximum Gasteiger partial charge on any atom is 0.242 e. The van der Waals surface area contributed by atoms with Crippen LogP contribution in [-0.2, 0) is 4.79 Å². The van der Waals surface area contributed by atoms with E-state index < -0.39 is 0 Å². The molecule has 4 rings (SSSR count). The molecule has 0 spiro atoms. The number of fused-ring (bicyclic) bond motifs is 1. The summed E-state index contributed by atoms with van der Waals surface area (Å²) in [5, 5.41) is 2.64. The normalized spacial score (nSPS) is 13.2. The van der Waals surface area contributed by atoms with E-state index in [1.54, 1.807) is 12.1 Å². The third-order valence-electron chi connectivity index (χ3n) is 3.98. The molecule has 0 radical (unpaired) electrons. The van der Waals surface area contributed by atoms with Crippen molar-refractivity contribution in [2.45, 2.75) is 10.1 Å². The van der Waals surface area contributed by atoms with Crippen LogP contribution in [0.5, 0.6) is 11.5 Å². The van der Waals surface area contributed by atoms with E-state index in [1.807, 2.05) is 66.7 Å². The zero-order valence-electron chi connectivity index (χ0n) is 13.9. The predicted octanol–water partition coefficient (Wildman–Crippen LogP) is 4.89. The van der Waals surface area contributed by atoms with E-state index in [0.717, 1.165) is 10.5 Å². The summed E-state index contributed by atoms with van der Waals surface area (Å²) in [4.78, 5) is 14.1. The van der Waals surface area contributed by atoms with Gasteiger partial charge >= 0.3 is 0 Å². The van der Waals surface area contributed by atoms with Gasteiger partial charge in [0.2, 0.25) is 12.7 Å². The van der Waals surface area contributed by atoms with Crippen LogP contribution in [-0.4, -0.2) is 12.7 Å². The van der Waals surface area contributed by atoms with Crippen molar-refractivity contribution < 1.29 is 14.3 Å². The Kier molecular flexibility index (Phi) is 4.80. The van der Waals surface area contributed by atoms with E-state index in [-0.39, 0.29) is 18.0 Å². The summed E-state index contributed by atoms with van der Waals surface area (Å²) in [5.74, 6) is 1.26. The molecule has 0 fully saturated rings. The van der Waals surface area contributed by atoms with Crippen LogP contribution in [0, 0.1) is 0 Å². The molecule has 5 heteroatoms. The van der Waals surface area contributed by atoms with E-state index in [2.05, 4.69) is 5.32 Å². The fraction of sp³-hybridized carbons (Fsp3) is 0.0952. The van der Waals surface area contributed by atoms with Crippen molar-refractivity contribution in [3.8, 4) is 11.5 Å². The largest absolute Gasteiger partial charge is 0.454 e. The lowest BCUT2D eigenvalue weighted by molar-refractivity contribution is -0.115. The second kappa shape index (κ2) is 7.54. The maximum absolute atomic E-state index is 13.0. The summed E-state index contributed by atoms with van der Waals surface area (Å²) in [5.41, 5.74) is 1.65. The van der Waals surface area contributed by atoms with Crippen LogP contribution in [0.1, 0.15) is 10.8 Å². The van der Waals surface area contributed by atoms with Gasteiger partial charge in [-0.3, -0.25) is 4.79 Å². The van der Waals surface area contributed by atoms with Crippen LogP contribution >= 0.6 is 11.8 Å². The second-order valence-corrected chi connectivity index (χ2v) is 6.96. The molecule has 0 saturated carbocycles. The lowest BCUT2D eigenvalue weighted by atomic mass is 10.1. The first kappa shape index (κ1) is 16.5. The molecular formula is C21H17NO3S. The van der Waals surface area contributed by atoms with Crippen LogP contribution in [0.25, 0.3) is 0 Å². The Balaban J connectivity index is 1.57. The lowest BCUT2D eigenvalue weighted by Gasteiger charge is -2.17. The number of hydrogen-bond donors (Lipinski definition) is 1. The second-order valence-electron chi connectivity index (χ2n) is 5.78. The van der Waals surface area contributed by atoms with Crippen molar-refractivity contribution in [2.75, 3.05) is 12.1 Å². The van der Waals surface area contributed by atoms with Gasteiger partial charge in [0.1, 0.15) is 5.25 Å². The Labute approximate surface area is 156 Å². The topological polar surface area (TPSA) is 47.6 Å². The van der Waals surface area contributed by atoms with Gasteiger partial charge in [-0.05, 0) is 29.8 Å². The molecule has 4 nitrogen and oxygen atoms in total. The molecule has 26 heavy (non-hydrogen) atoms. The fourth-order valence-corrected chi connectivity index (χ4v) is 3.76. The number of benzene rings is 3. The van der Waals surface area contributed by atoms with Crippen LogP contribution in [0.3, 0.4) is 0 Å². The number of thioether (sulfide) groups is 1. The van der Waals surface area contributed by atoms with E-state index in [1.165, 1.54) is 11.8 Å². The first-order valence-corrected chi connectivity index (χ1v) is 9.15. The molecule has 3 aromatic carbocycles. The van der Waals surface area contributed by atoms with Gasteiger partial charge in [0.05, 0.1) is 0 Å². The van der Waals surface area contributed by atoms with Gasteiger partial charge < -0.3 is 14.8 Å². The standard InChI is InChI=1S/C21H17NO3S/c23-21(22-16-11-12-18-19(13-16)25-14-24-18)20(15-7-3-1-4-8-15)26-17-9-5-2-6-10-17/h1-13,20H,14H2,(H,22,23)/t20-/m0/s1. The minimum Gasteiger partial charge on any atom is -0.454 e. The zero-order valence-corrected chi connectivity index (χ0v) is 14.7. The molecule has 0 bridgehead atoms. The molecule has 1 heterocycles. The van der Waals surface area contributed by atoms with Crippen molar-refractivity contribution in [1.82, 2.24) is 0 Å². The van der Waals surface area contributed by atoms with Crippen LogP contribution in [0.15, 0.2) is 83.8 Å². The number of carbonyl (C=O) groups excluding carboxylic acids is 1. The predicted molar refractivity (Wildman–Crippen MR) is 103 cm³/mol. The van der Waals surface area contributed by atoms with E-state index in [0.29, 0.717) is 17.2 Å². The van der Waals surface area contributed by atoms with Gasteiger partial charge in [0, 0.05) is 16.6 Å². The molecule has 1 aliphatic rings. The molecular weight excluding hydrogens is 346 g/mol. The molecule has 130 valence electrons. The number of carbonyl (C=O) groups is 1. The first-order chi connectivity index (χ1) is 12.8. The SMILES string of the molecule is O=C(Nc1ccc2c(c1)OCO2)[C@@H](Sc1ccccc1)c1ccccc1. The number of amides is 1. The molecule has 1 N–H and O–H groups in total. The van der Waals surface area contributed by atoms with Gasteiger partial charge in [-0.25, -0.2) is 0 Å². The minimum atomic E-state index is -0.357. The Morgan fingerprint density at radius 3 is 2.35 bits per heavy atom. The first-order valence-electron chi connectivity index (χ1n) is 8.27. The highest BCUT2D eigenvalue weighted by Gasteiger charge is 2.23. The number of anilines is 1. The molecule has 1 amide bonds. The molecule has 0 aliphatic carbocycles. The number of ether oxygens (including phenoxy) is 2. The smallest absolute Gasteiger partial charge is 0.242 e. The van der Waals surface area contributed by atoms with Crippen molar-refractivity contribution in [1.29, 1.82) is 0 Å². The monoisotopic (exact) mass is 363 g/mol. The highest BCUT2D eigenvalue weighted by molar-refractivity contribution is 8.00. The Morgan fingerprint density at radius 2 is 1.58 bits per heavy atom. The summed E-state index contributed by atoms with van der Waals surface area (Å²) < 4.78 is 10.7. The van der Waals surface area contributed by atoms with Crippen LogP contribution < -0.4 is 14.8 Å². The van der Waals surface area contributed by atoms with Crippen molar-refractivity contribution in [3.63, 3.8) is 0 Å². The third kappa shape index (κ3) is 3.68.